The maximum atomic E-state index is 11.9. The number of ether oxygens (including phenoxy) is 1. The zero-order chi connectivity index (χ0) is 12.0. The summed E-state index contributed by atoms with van der Waals surface area (Å²) < 4.78 is 28.8. The lowest BCUT2D eigenvalue weighted by Crippen LogP contribution is -2.21. The van der Waals surface area contributed by atoms with Gasteiger partial charge in [0.15, 0.2) is 0 Å². The predicted molar refractivity (Wildman–Crippen MR) is 59.9 cm³/mol. The van der Waals surface area contributed by atoms with Gasteiger partial charge in [-0.1, -0.05) is 19.1 Å². The minimum atomic E-state index is -2.44. The van der Waals surface area contributed by atoms with E-state index in [0.717, 1.165) is 18.4 Å². The molecule has 0 saturated carbocycles. The summed E-state index contributed by atoms with van der Waals surface area (Å²) in [5.74, 6) is 0.473. The highest BCUT2D eigenvalue weighted by molar-refractivity contribution is 5.29. The fourth-order valence-electron chi connectivity index (χ4n) is 1.37. The van der Waals surface area contributed by atoms with Gasteiger partial charge in [0.05, 0.1) is 0 Å². The number of nitrogens with two attached hydrogens (primary N) is 1. The first-order valence-electron chi connectivity index (χ1n) is 5.37. The molecule has 16 heavy (non-hydrogen) atoms. The van der Waals surface area contributed by atoms with Crippen molar-refractivity contribution in [2.24, 2.45) is 5.73 Å². The van der Waals surface area contributed by atoms with Crippen LogP contribution in [0.1, 0.15) is 18.9 Å². The van der Waals surface area contributed by atoms with Crippen LogP contribution in [-0.2, 0) is 6.42 Å². The van der Waals surface area contributed by atoms with Crippen LogP contribution in [0.5, 0.6) is 5.75 Å². The van der Waals surface area contributed by atoms with Gasteiger partial charge in [0.25, 0.3) is 6.43 Å². The van der Waals surface area contributed by atoms with Crippen molar-refractivity contribution in [3.05, 3.63) is 29.8 Å². The lowest BCUT2D eigenvalue weighted by atomic mass is 10.0. The van der Waals surface area contributed by atoms with Crippen molar-refractivity contribution in [1.82, 2.24) is 0 Å². The zero-order valence-corrected chi connectivity index (χ0v) is 9.33. The van der Waals surface area contributed by atoms with Crippen molar-refractivity contribution in [3.8, 4) is 5.75 Å². The summed E-state index contributed by atoms with van der Waals surface area (Å²) >= 11 is 0. The number of benzene rings is 1. The Kier molecular flexibility index (Phi) is 5.19. The van der Waals surface area contributed by atoms with Crippen molar-refractivity contribution < 1.29 is 13.5 Å². The van der Waals surface area contributed by atoms with Crippen molar-refractivity contribution in [2.45, 2.75) is 32.2 Å². The Labute approximate surface area is 94.4 Å². The van der Waals surface area contributed by atoms with E-state index in [9.17, 15) is 8.78 Å². The maximum absolute atomic E-state index is 11.9. The first-order chi connectivity index (χ1) is 7.61. The van der Waals surface area contributed by atoms with Crippen molar-refractivity contribution >= 4 is 0 Å². The van der Waals surface area contributed by atoms with Crippen LogP contribution in [0.2, 0.25) is 0 Å². The molecule has 1 aromatic carbocycles. The Bertz CT molecular complexity index is 318. The molecule has 90 valence electrons. The normalized spacial score (nSPS) is 12.8. The van der Waals surface area contributed by atoms with E-state index in [0.29, 0.717) is 5.75 Å². The second-order valence-electron chi connectivity index (χ2n) is 3.72. The number of hydrogen-bond acceptors (Lipinski definition) is 2. The number of alkyl halides is 2. The van der Waals surface area contributed by atoms with Gasteiger partial charge in [-0.05, 0) is 30.5 Å². The van der Waals surface area contributed by atoms with Gasteiger partial charge < -0.3 is 10.5 Å². The molecule has 0 amide bonds. The quantitative estimate of drug-likeness (QED) is 0.813. The minimum Gasteiger partial charge on any atom is -0.488 e. The number of halogens is 2. The average Bonchev–Trinajstić information content (AvgIpc) is 2.26. The Morgan fingerprint density at radius 1 is 1.38 bits per heavy atom. The molecule has 1 atom stereocenters. The van der Waals surface area contributed by atoms with Crippen molar-refractivity contribution in [2.75, 3.05) is 6.61 Å². The molecule has 1 rings (SSSR count). The summed E-state index contributed by atoms with van der Waals surface area (Å²) in [6, 6.07) is 7.25. The SMILES string of the molecule is CCC(N)Cc1cccc(OCC(F)F)c1. The third-order valence-corrected chi connectivity index (χ3v) is 2.30. The Hall–Kier alpha value is -1.16. The second kappa shape index (κ2) is 6.43. The summed E-state index contributed by atoms with van der Waals surface area (Å²) in [7, 11) is 0. The fourth-order valence-corrected chi connectivity index (χ4v) is 1.37. The summed E-state index contributed by atoms with van der Waals surface area (Å²) in [5.41, 5.74) is 6.83. The molecule has 2 nitrogen and oxygen atoms in total. The third kappa shape index (κ3) is 4.57. The lowest BCUT2D eigenvalue weighted by Gasteiger charge is -2.10. The topological polar surface area (TPSA) is 35.2 Å². The molecule has 0 radical (unpaired) electrons. The highest BCUT2D eigenvalue weighted by Gasteiger charge is 2.05. The van der Waals surface area contributed by atoms with Gasteiger partial charge in [-0.3, -0.25) is 0 Å². The summed E-state index contributed by atoms with van der Waals surface area (Å²) in [6.07, 6.45) is -0.814. The van der Waals surface area contributed by atoms with Crippen molar-refractivity contribution in [3.63, 3.8) is 0 Å². The molecule has 0 aliphatic carbocycles. The van der Waals surface area contributed by atoms with Gasteiger partial charge in [0.1, 0.15) is 12.4 Å². The Morgan fingerprint density at radius 2 is 2.12 bits per heavy atom. The molecule has 0 spiro atoms. The average molecular weight is 229 g/mol. The van der Waals surface area contributed by atoms with E-state index < -0.39 is 13.0 Å². The van der Waals surface area contributed by atoms with Crippen LogP contribution in [0.3, 0.4) is 0 Å². The van der Waals surface area contributed by atoms with Crippen LogP contribution in [0.15, 0.2) is 24.3 Å². The standard InChI is InChI=1S/C12H17F2NO/c1-2-10(15)6-9-4-3-5-11(7-9)16-8-12(13)14/h3-5,7,10,12H,2,6,8,15H2,1H3. The van der Waals surface area contributed by atoms with Crippen LogP contribution in [0, 0.1) is 0 Å². The molecule has 0 heterocycles. The predicted octanol–water partition coefficient (Wildman–Crippen LogP) is 2.61. The van der Waals surface area contributed by atoms with E-state index in [2.05, 4.69) is 0 Å². The molecule has 1 aromatic rings. The molecule has 2 N–H and O–H groups in total. The van der Waals surface area contributed by atoms with Crippen LogP contribution >= 0.6 is 0 Å². The molecule has 0 fully saturated rings. The van der Waals surface area contributed by atoms with Gasteiger partial charge >= 0.3 is 0 Å². The lowest BCUT2D eigenvalue weighted by molar-refractivity contribution is 0.0818. The van der Waals surface area contributed by atoms with Gasteiger partial charge in [-0.2, -0.15) is 0 Å². The molecular weight excluding hydrogens is 212 g/mol. The van der Waals surface area contributed by atoms with E-state index in [-0.39, 0.29) is 6.04 Å². The minimum absolute atomic E-state index is 0.102. The first-order valence-corrected chi connectivity index (χ1v) is 5.37. The van der Waals surface area contributed by atoms with Gasteiger partial charge in [0.2, 0.25) is 0 Å². The van der Waals surface area contributed by atoms with Crippen LogP contribution in [0.4, 0.5) is 8.78 Å². The molecule has 0 aromatic heterocycles. The van der Waals surface area contributed by atoms with Gasteiger partial charge in [-0.25, -0.2) is 8.78 Å². The van der Waals surface area contributed by atoms with Crippen LogP contribution in [0.25, 0.3) is 0 Å². The van der Waals surface area contributed by atoms with E-state index in [1.807, 2.05) is 13.0 Å². The summed E-state index contributed by atoms with van der Waals surface area (Å²) in [4.78, 5) is 0. The summed E-state index contributed by atoms with van der Waals surface area (Å²) in [6.45, 7) is 1.45. The number of hydrogen-bond donors (Lipinski definition) is 1. The Morgan fingerprint density at radius 3 is 2.75 bits per heavy atom. The molecule has 1 unspecified atom stereocenters. The van der Waals surface area contributed by atoms with Crippen LogP contribution < -0.4 is 10.5 Å². The van der Waals surface area contributed by atoms with E-state index in [1.54, 1.807) is 18.2 Å². The monoisotopic (exact) mass is 229 g/mol. The first kappa shape index (κ1) is 12.9. The Balaban J connectivity index is 2.56. The van der Waals surface area contributed by atoms with E-state index >= 15 is 0 Å². The van der Waals surface area contributed by atoms with E-state index in [1.165, 1.54) is 0 Å². The van der Waals surface area contributed by atoms with Gasteiger partial charge in [-0.15, -0.1) is 0 Å². The van der Waals surface area contributed by atoms with Crippen molar-refractivity contribution in [1.29, 1.82) is 0 Å². The van der Waals surface area contributed by atoms with E-state index in [4.69, 9.17) is 10.5 Å². The molecule has 0 saturated heterocycles. The molecule has 0 aliphatic heterocycles. The van der Waals surface area contributed by atoms with Crippen LogP contribution in [-0.4, -0.2) is 19.1 Å². The highest BCUT2D eigenvalue weighted by Crippen LogP contribution is 2.15. The maximum Gasteiger partial charge on any atom is 0.272 e. The molecule has 0 aliphatic rings. The number of rotatable bonds is 6. The fraction of sp³-hybridized carbons (Fsp3) is 0.500. The molecular formula is C12H17F2NO. The zero-order valence-electron chi connectivity index (χ0n) is 9.33. The van der Waals surface area contributed by atoms with Gasteiger partial charge in [0, 0.05) is 6.04 Å². The third-order valence-electron chi connectivity index (χ3n) is 2.30. The molecule has 4 heteroatoms. The molecule has 0 bridgehead atoms. The highest BCUT2D eigenvalue weighted by atomic mass is 19.3. The second-order valence-corrected chi connectivity index (χ2v) is 3.72. The smallest absolute Gasteiger partial charge is 0.272 e. The summed E-state index contributed by atoms with van der Waals surface area (Å²) in [5, 5.41) is 0. The largest absolute Gasteiger partial charge is 0.488 e.